The molecule has 2 aromatic carbocycles. The summed E-state index contributed by atoms with van der Waals surface area (Å²) in [4.78, 5) is 63.8. The number of ether oxygens (including phenoxy) is 1. The minimum Gasteiger partial charge on any atom is -0.465 e. The van der Waals surface area contributed by atoms with Crippen LogP contribution in [0.3, 0.4) is 0 Å². The number of aryl methyl sites for hydroxylation is 1. The van der Waals surface area contributed by atoms with E-state index in [1.54, 1.807) is 19.9 Å². The predicted octanol–water partition coefficient (Wildman–Crippen LogP) is 4.34. The third-order valence-electron chi connectivity index (χ3n) is 7.88. The number of hydrogen-bond acceptors (Lipinski definition) is 6. The van der Waals surface area contributed by atoms with Crippen LogP contribution in [0.25, 0.3) is 0 Å². The zero-order chi connectivity index (χ0) is 34.0. The van der Waals surface area contributed by atoms with Crippen LogP contribution < -0.4 is 16.0 Å². The predicted molar refractivity (Wildman–Crippen MR) is 154 cm³/mol. The lowest BCUT2D eigenvalue weighted by atomic mass is 9.93. The first kappa shape index (κ1) is 34.0. The Hall–Kier alpha value is -4.89. The van der Waals surface area contributed by atoms with Gasteiger partial charge in [0.05, 0.1) is 0 Å². The van der Waals surface area contributed by atoms with Gasteiger partial charge in [0.1, 0.15) is 18.4 Å². The van der Waals surface area contributed by atoms with E-state index in [4.69, 9.17) is 9.84 Å². The van der Waals surface area contributed by atoms with Crippen LogP contribution in [-0.4, -0.2) is 76.8 Å². The van der Waals surface area contributed by atoms with E-state index in [1.165, 1.54) is 24.3 Å². The molecule has 1 unspecified atom stereocenters. The molecule has 0 saturated carbocycles. The van der Waals surface area contributed by atoms with Crippen molar-refractivity contribution in [1.29, 1.82) is 0 Å². The van der Waals surface area contributed by atoms with Gasteiger partial charge in [-0.1, -0.05) is 32.0 Å². The van der Waals surface area contributed by atoms with Crippen molar-refractivity contribution in [3.8, 4) is 0 Å². The van der Waals surface area contributed by atoms with E-state index in [1.807, 2.05) is 0 Å². The number of halogens is 4. The third kappa shape index (κ3) is 7.49. The molecule has 16 heteroatoms. The molecule has 2 aromatic rings. The van der Waals surface area contributed by atoms with E-state index in [0.29, 0.717) is 26.6 Å². The minimum absolute atomic E-state index is 0.0102. The molecule has 2 aliphatic rings. The number of rotatable bonds is 10. The van der Waals surface area contributed by atoms with Gasteiger partial charge in [-0.15, -0.1) is 0 Å². The Morgan fingerprint density at radius 3 is 2.35 bits per heavy atom. The standard InChI is InChI=1S/C30H33F4N5O7/c1-17(30(32,33)34)38(13-18-4-6-20(31)7-5-18)23(40)14-39-24(41)29(46-27(39)45)11-10-19-12-21(8-9-22(19)29)37-25(42)35-15-28(2,3)16-36-26(43)44/h4-9,12,17,36H,10-11,13-16H2,1-3H3,(H,43,44)(H2,35,37,42)/t17?,29-/m1/s1. The summed E-state index contributed by atoms with van der Waals surface area (Å²) in [6.45, 7) is 2.98. The van der Waals surface area contributed by atoms with E-state index in [-0.39, 0.29) is 31.5 Å². The first-order valence-electron chi connectivity index (χ1n) is 14.2. The molecule has 0 bridgehead atoms. The van der Waals surface area contributed by atoms with E-state index < -0.39 is 72.2 Å². The van der Waals surface area contributed by atoms with Gasteiger partial charge in [0.2, 0.25) is 11.5 Å². The molecule has 1 heterocycles. The molecule has 2 atom stereocenters. The number of nitrogens with one attached hydrogen (secondary N) is 3. The van der Waals surface area contributed by atoms with Crippen LogP contribution in [0.1, 0.15) is 43.9 Å². The second kappa shape index (κ2) is 12.8. The van der Waals surface area contributed by atoms with Gasteiger partial charge in [0, 0.05) is 37.3 Å². The van der Waals surface area contributed by atoms with E-state index in [0.717, 1.165) is 19.1 Å². The Balaban J connectivity index is 1.45. The average Bonchev–Trinajstić information content (AvgIpc) is 3.45. The summed E-state index contributed by atoms with van der Waals surface area (Å²) in [6, 6.07) is 6.24. The van der Waals surface area contributed by atoms with Gasteiger partial charge in [0.15, 0.2) is 0 Å². The molecule has 6 amide bonds. The fourth-order valence-corrected chi connectivity index (χ4v) is 5.23. The number of fused-ring (bicyclic) bond motifs is 2. The summed E-state index contributed by atoms with van der Waals surface area (Å²) in [5, 5.41) is 16.3. The molecule has 4 N–H and O–H groups in total. The van der Waals surface area contributed by atoms with Crippen molar-refractivity contribution in [2.45, 2.75) is 58.0 Å². The van der Waals surface area contributed by atoms with Crippen molar-refractivity contribution < 1.29 is 51.4 Å². The summed E-state index contributed by atoms with van der Waals surface area (Å²) < 4.78 is 59.9. The Kier molecular flexibility index (Phi) is 9.49. The normalized spacial score (nSPS) is 18.2. The topological polar surface area (TPSA) is 157 Å². The highest BCUT2D eigenvalue weighted by Crippen LogP contribution is 2.46. The maximum absolute atomic E-state index is 13.7. The SMILES string of the molecule is CC(N(Cc1ccc(F)cc1)C(=O)CN1C(=O)O[C@@]2(CCc3cc(NC(=O)NCC(C)(C)CNC(=O)O)ccc32)C1=O)C(F)(F)F. The van der Waals surface area contributed by atoms with Gasteiger partial charge in [-0.25, -0.2) is 23.7 Å². The zero-order valence-corrected chi connectivity index (χ0v) is 25.2. The first-order valence-corrected chi connectivity index (χ1v) is 14.2. The molecule has 4 rings (SSSR count). The third-order valence-corrected chi connectivity index (χ3v) is 7.88. The van der Waals surface area contributed by atoms with Crippen LogP contribution >= 0.6 is 0 Å². The second-order valence-electron chi connectivity index (χ2n) is 12.0. The smallest absolute Gasteiger partial charge is 0.418 e. The lowest BCUT2D eigenvalue weighted by Crippen LogP contribution is -2.51. The van der Waals surface area contributed by atoms with Gasteiger partial charge in [-0.2, -0.15) is 13.2 Å². The lowest BCUT2D eigenvalue weighted by molar-refractivity contribution is -0.187. The summed E-state index contributed by atoms with van der Waals surface area (Å²) in [6.07, 6.45) is -6.93. The highest BCUT2D eigenvalue weighted by Gasteiger charge is 2.58. The summed E-state index contributed by atoms with van der Waals surface area (Å²) in [7, 11) is 0. The molecule has 1 saturated heterocycles. The van der Waals surface area contributed by atoms with Gasteiger partial charge < -0.3 is 30.7 Å². The molecule has 1 aliphatic carbocycles. The van der Waals surface area contributed by atoms with Gasteiger partial charge in [-0.3, -0.25) is 9.59 Å². The van der Waals surface area contributed by atoms with Crippen molar-refractivity contribution in [3.05, 3.63) is 65.0 Å². The number of amides is 6. The minimum atomic E-state index is -4.83. The molecule has 1 fully saturated rings. The maximum Gasteiger partial charge on any atom is 0.418 e. The Morgan fingerprint density at radius 1 is 1.07 bits per heavy atom. The van der Waals surface area contributed by atoms with Crippen molar-refractivity contribution in [1.82, 2.24) is 20.4 Å². The second-order valence-corrected chi connectivity index (χ2v) is 12.0. The number of carbonyl (C=O) groups is 5. The number of benzene rings is 2. The van der Waals surface area contributed by atoms with E-state index in [9.17, 15) is 41.5 Å². The van der Waals surface area contributed by atoms with Crippen LogP contribution in [0.2, 0.25) is 0 Å². The monoisotopic (exact) mass is 651 g/mol. The van der Waals surface area contributed by atoms with Gasteiger partial charge in [0.25, 0.3) is 5.91 Å². The number of anilines is 1. The number of imide groups is 1. The number of hydrogen-bond donors (Lipinski definition) is 4. The fraction of sp³-hybridized carbons (Fsp3) is 0.433. The molecule has 0 aromatic heterocycles. The number of carbonyl (C=O) groups excluding carboxylic acids is 4. The number of alkyl halides is 3. The summed E-state index contributed by atoms with van der Waals surface area (Å²) in [5.74, 6) is -2.68. The van der Waals surface area contributed by atoms with Crippen LogP contribution in [0.5, 0.6) is 0 Å². The van der Waals surface area contributed by atoms with Crippen molar-refractivity contribution in [2.24, 2.45) is 5.41 Å². The fourth-order valence-electron chi connectivity index (χ4n) is 5.23. The van der Waals surface area contributed by atoms with Gasteiger partial charge in [-0.05, 0) is 54.2 Å². The highest BCUT2D eigenvalue weighted by molar-refractivity contribution is 6.06. The van der Waals surface area contributed by atoms with Crippen LogP contribution in [-0.2, 0) is 32.9 Å². The van der Waals surface area contributed by atoms with Crippen LogP contribution in [0.15, 0.2) is 42.5 Å². The number of nitrogens with zero attached hydrogens (tertiary/aromatic N) is 2. The number of carboxylic acid groups (broad SMARTS) is 1. The largest absolute Gasteiger partial charge is 0.465 e. The first-order chi connectivity index (χ1) is 21.4. The van der Waals surface area contributed by atoms with Crippen molar-refractivity contribution in [2.75, 3.05) is 25.0 Å². The molecule has 1 spiro atoms. The zero-order valence-electron chi connectivity index (χ0n) is 25.2. The van der Waals surface area contributed by atoms with E-state index >= 15 is 0 Å². The molecular formula is C30H33F4N5O7. The van der Waals surface area contributed by atoms with E-state index in [2.05, 4.69) is 16.0 Å². The molecule has 46 heavy (non-hydrogen) atoms. The molecule has 248 valence electrons. The van der Waals surface area contributed by atoms with Crippen molar-refractivity contribution in [3.63, 3.8) is 0 Å². The average molecular weight is 652 g/mol. The molecular weight excluding hydrogens is 618 g/mol. The summed E-state index contributed by atoms with van der Waals surface area (Å²) in [5.41, 5.74) is -0.911. The van der Waals surface area contributed by atoms with Crippen LogP contribution in [0.4, 0.5) is 37.6 Å². The quantitative estimate of drug-likeness (QED) is 0.279. The summed E-state index contributed by atoms with van der Waals surface area (Å²) >= 11 is 0. The lowest BCUT2D eigenvalue weighted by Gasteiger charge is -2.31. The Bertz CT molecular complexity index is 1530. The Morgan fingerprint density at radius 2 is 1.72 bits per heavy atom. The van der Waals surface area contributed by atoms with Crippen molar-refractivity contribution >= 4 is 35.7 Å². The molecule has 12 nitrogen and oxygen atoms in total. The Labute approximate surface area is 261 Å². The maximum atomic E-state index is 13.7. The highest BCUT2D eigenvalue weighted by atomic mass is 19.4. The molecule has 1 aliphatic heterocycles. The molecule has 0 radical (unpaired) electrons. The number of urea groups is 1. The van der Waals surface area contributed by atoms with Gasteiger partial charge >= 0.3 is 24.4 Å². The van der Waals surface area contributed by atoms with Crippen LogP contribution in [0, 0.1) is 11.2 Å².